The predicted octanol–water partition coefficient (Wildman–Crippen LogP) is -0.169. The van der Waals surface area contributed by atoms with Crippen LogP contribution in [0, 0.1) is 0 Å². The summed E-state index contributed by atoms with van der Waals surface area (Å²) in [6.45, 7) is 1.89. The quantitative estimate of drug-likeness (QED) is 0.607. The number of aryl methyl sites for hydroxylation is 1. The van der Waals surface area contributed by atoms with E-state index in [0.717, 1.165) is 6.42 Å². The number of nitrogens with zero attached hydrogens (tertiary/aromatic N) is 1. The fourth-order valence-electron chi connectivity index (χ4n) is 3.26. The number of rotatable bonds is 4. The van der Waals surface area contributed by atoms with E-state index in [1.165, 1.54) is 10.5 Å². The lowest BCUT2D eigenvalue weighted by molar-refractivity contribution is -0.148. The molecule has 0 spiro atoms. The molecule has 4 amide bonds. The van der Waals surface area contributed by atoms with Crippen LogP contribution in [-0.4, -0.2) is 59.1 Å². The zero-order valence-electron chi connectivity index (χ0n) is 14.0. The average Bonchev–Trinajstić information content (AvgIpc) is 3.03. The Morgan fingerprint density at radius 3 is 2.68 bits per heavy atom. The van der Waals surface area contributed by atoms with Gasteiger partial charge in [-0.3, -0.25) is 9.59 Å². The molecule has 3 rings (SSSR count). The third kappa shape index (κ3) is 3.58. The van der Waals surface area contributed by atoms with E-state index in [4.69, 9.17) is 5.11 Å². The fraction of sp³-hybridized carbons (Fsp3) is 0.471. The molecule has 0 aromatic heterocycles. The molecule has 0 bridgehead atoms. The molecule has 4 N–H and O–H groups in total. The number of aliphatic hydroxyl groups excluding tert-OH is 1. The molecule has 0 saturated carbocycles. The summed E-state index contributed by atoms with van der Waals surface area (Å²) < 4.78 is 0. The number of amides is 4. The summed E-state index contributed by atoms with van der Waals surface area (Å²) in [7, 11) is 0. The van der Waals surface area contributed by atoms with E-state index in [1.807, 2.05) is 24.3 Å². The molecule has 2 heterocycles. The van der Waals surface area contributed by atoms with Crippen molar-refractivity contribution in [1.82, 2.24) is 15.5 Å². The highest BCUT2D eigenvalue weighted by Gasteiger charge is 2.46. The number of aliphatic hydroxyl groups is 1. The van der Waals surface area contributed by atoms with Crippen LogP contribution in [0.5, 0.6) is 0 Å². The Bertz CT molecular complexity index is 676. The van der Waals surface area contributed by atoms with E-state index in [-0.39, 0.29) is 30.4 Å². The molecule has 0 radical (unpaired) electrons. The first-order chi connectivity index (χ1) is 12.0. The van der Waals surface area contributed by atoms with Gasteiger partial charge >= 0.3 is 6.03 Å². The zero-order valence-corrected chi connectivity index (χ0v) is 14.0. The molecule has 3 atom stereocenters. The number of carbonyl (C=O) groups excluding carboxylic acids is 3. The second-order valence-electron chi connectivity index (χ2n) is 6.33. The molecule has 134 valence electrons. The molecule has 8 nitrogen and oxygen atoms in total. The van der Waals surface area contributed by atoms with Gasteiger partial charge in [0, 0.05) is 12.2 Å². The average molecular weight is 346 g/mol. The van der Waals surface area contributed by atoms with Gasteiger partial charge in [0.25, 0.3) is 0 Å². The predicted molar refractivity (Wildman–Crippen MR) is 90.9 cm³/mol. The standard InChI is InChI=1S/C17H22N4O4/c1-2-10-3-5-11(6-4-10)18-17(25)19-12-7-14-15(23)20-13(9-22)16(24)21(14)8-12/h3-6,12-14,22H,2,7-9H2,1H3,(H,20,23)(H2,18,19,25)/t12-,13+,14-/m0/s1. The molecule has 2 aliphatic rings. The number of anilines is 1. The highest BCUT2D eigenvalue weighted by atomic mass is 16.3. The normalized spacial score (nSPS) is 25.4. The molecule has 1 aromatic carbocycles. The Morgan fingerprint density at radius 2 is 2.04 bits per heavy atom. The van der Waals surface area contributed by atoms with Crippen molar-refractivity contribution in [3.8, 4) is 0 Å². The highest BCUT2D eigenvalue weighted by molar-refractivity contribution is 5.98. The molecule has 8 heteroatoms. The summed E-state index contributed by atoms with van der Waals surface area (Å²) in [5.74, 6) is -0.606. The zero-order chi connectivity index (χ0) is 18.0. The Balaban J connectivity index is 1.57. The maximum Gasteiger partial charge on any atom is 0.319 e. The first-order valence-corrected chi connectivity index (χ1v) is 8.40. The molecule has 2 saturated heterocycles. The summed E-state index contributed by atoms with van der Waals surface area (Å²) in [5, 5.41) is 17.2. The van der Waals surface area contributed by atoms with Crippen LogP contribution in [0.3, 0.4) is 0 Å². The highest BCUT2D eigenvalue weighted by Crippen LogP contribution is 2.22. The first-order valence-electron chi connectivity index (χ1n) is 8.40. The number of fused-ring (bicyclic) bond motifs is 1. The van der Waals surface area contributed by atoms with Crippen molar-refractivity contribution in [2.75, 3.05) is 18.5 Å². The van der Waals surface area contributed by atoms with Gasteiger partial charge in [0.05, 0.1) is 12.6 Å². The SMILES string of the molecule is CCc1ccc(NC(=O)N[C@H]2C[C@H]3C(=O)N[C@H](CO)C(=O)N3C2)cc1. The van der Waals surface area contributed by atoms with Crippen molar-refractivity contribution in [3.05, 3.63) is 29.8 Å². The molecule has 0 unspecified atom stereocenters. The molecule has 2 aliphatic heterocycles. The molecular weight excluding hydrogens is 324 g/mol. The molecule has 25 heavy (non-hydrogen) atoms. The van der Waals surface area contributed by atoms with Gasteiger partial charge in [-0.15, -0.1) is 0 Å². The van der Waals surface area contributed by atoms with Crippen molar-refractivity contribution in [1.29, 1.82) is 0 Å². The number of carbonyl (C=O) groups is 3. The van der Waals surface area contributed by atoms with Gasteiger partial charge in [-0.25, -0.2) is 4.79 Å². The second-order valence-corrected chi connectivity index (χ2v) is 6.33. The minimum absolute atomic E-state index is 0.260. The van der Waals surface area contributed by atoms with Gasteiger partial charge in [0.15, 0.2) is 0 Å². The van der Waals surface area contributed by atoms with Gasteiger partial charge in [0.1, 0.15) is 12.1 Å². The third-order valence-corrected chi connectivity index (χ3v) is 4.64. The van der Waals surface area contributed by atoms with E-state index < -0.39 is 18.7 Å². The van der Waals surface area contributed by atoms with Gasteiger partial charge < -0.3 is 26.0 Å². The number of nitrogens with one attached hydrogen (secondary N) is 3. The Morgan fingerprint density at radius 1 is 1.32 bits per heavy atom. The number of benzene rings is 1. The Labute approximate surface area is 145 Å². The van der Waals surface area contributed by atoms with Crippen molar-refractivity contribution in [2.45, 2.75) is 37.9 Å². The van der Waals surface area contributed by atoms with Gasteiger partial charge in [-0.05, 0) is 30.5 Å². The van der Waals surface area contributed by atoms with Crippen LogP contribution >= 0.6 is 0 Å². The van der Waals surface area contributed by atoms with Crippen LogP contribution in [0.25, 0.3) is 0 Å². The minimum atomic E-state index is -0.895. The van der Waals surface area contributed by atoms with Crippen molar-refractivity contribution in [2.24, 2.45) is 0 Å². The molecule has 1 aromatic rings. The lowest BCUT2D eigenvalue weighted by Gasteiger charge is -2.33. The first kappa shape index (κ1) is 17.2. The Kier molecular flexibility index (Phi) is 4.89. The third-order valence-electron chi connectivity index (χ3n) is 4.64. The number of urea groups is 1. The largest absolute Gasteiger partial charge is 0.394 e. The van der Waals surface area contributed by atoms with E-state index in [1.54, 1.807) is 0 Å². The van der Waals surface area contributed by atoms with Crippen molar-refractivity contribution < 1.29 is 19.5 Å². The van der Waals surface area contributed by atoms with E-state index in [9.17, 15) is 14.4 Å². The molecule has 0 aliphatic carbocycles. The van der Waals surface area contributed by atoms with E-state index >= 15 is 0 Å². The number of hydrogen-bond acceptors (Lipinski definition) is 4. The summed E-state index contributed by atoms with van der Waals surface area (Å²) in [4.78, 5) is 37.8. The summed E-state index contributed by atoms with van der Waals surface area (Å²) >= 11 is 0. The van der Waals surface area contributed by atoms with Gasteiger partial charge in [-0.2, -0.15) is 0 Å². The fourth-order valence-corrected chi connectivity index (χ4v) is 3.26. The van der Waals surface area contributed by atoms with Crippen molar-refractivity contribution >= 4 is 23.5 Å². The summed E-state index contributed by atoms with van der Waals surface area (Å²) in [5.41, 5.74) is 1.86. The van der Waals surface area contributed by atoms with Gasteiger partial charge in [-0.1, -0.05) is 19.1 Å². The summed E-state index contributed by atoms with van der Waals surface area (Å²) in [6.07, 6.45) is 1.29. The molecular formula is C17H22N4O4. The van der Waals surface area contributed by atoms with Crippen LogP contribution in [0.1, 0.15) is 18.9 Å². The number of piperazine rings is 1. The topological polar surface area (TPSA) is 111 Å². The van der Waals surface area contributed by atoms with Crippen LogP contribution in [0.2, 0.25) is 0 Å². The molecule has 2 fully saturated rings. The monoisotopic (exact) mass is 346 g/mol. The van der Waals surface area contributed by atoms with Crippen molar-refractivity contribution in [3.63, 3.8) is 0 Å². The van der Waals surface area contributed by atoms with Crippen LogP contribution in [-0.2, 0) is 16.0 Å². The Hall–Kier alpha value is -2.61. The minimum Gasteiger partial charge on any atom is -0.394 e. The summed E-state index contributed by atoms with van der Waals surface area (Å²) in [6, 6.07) is 5.39. The lowest BCUT2D eigenvalue weighted by atomic mass is 10.1. The van der Waals surface area contributed by atoms with Crippen LogP contribution < -0.4 is 16.0 Å². The lowest BCUT2D eigenvalue weighted by Crippen LogP contribution is -2.62. The second kappa shape index (κ2) is 7.10. The van der Waals surface area contributed by atoms with E-state index in [2.05, 4.69) is 22.9 Å². The van der Waals surface area contributed by atoms with Crippen LogP contribution in [0.4, 0.5) is 10.5 Å². The van der Waals surface area contributed by atoms with E-state index in [0.29, 0.717) is 12.1 Å². The maximum absolute atomic E-state index is 12.2. The van der Waals surface area contributed by atoms with Gasteiger partial charge in [0.2, 0.25) is 11.8 Å². The smallest absolute Gasteiger partial charge is 0.319 e. The number of hydrogen-bond donors (Lipinski definition) is 4. The maximum atomic E-state index is 12.2. The van der Waals surface area contributed by atoms with Crippen LogP contribution in [0.15, 0.2) is 24.3 Å².